The summed E-state index contributed by atoms with van der Waals surface area (Å²) in [6.07, 6.45) is 2.77. The van der Waals surface area contributed by atoms with Gasteiger partial charge in [-0.25, -0.2) is 0 Å². The molecule has 2 fully saturated rings. The highest BCUT2D eigenvalue weighted by molar-refractivity contribution is 6.35. The van der Waals surface area contributed by atoms with Crippen molar-refractivity contribution in [2.45, 2.75) is 25.4 Å². The van der Waals surface area contributed by atoms with Crippen LogP contribution < -0.4 is 5.32 Å². The van der Waals surface area contributed by atoms with Crippen molar-refractivity contribution in [3.05, 3.63) is 33.8 Å². The van der Waals surface area contributed by atoms with Gasteiger partial charge in [-0.2, -0.15) is 0 Å². The molecular formula is C14H18Cl2N2. The van der Waals surface area contributed by atoms with Gasteiger partial charge in [0.25, 0.3) is 0 Å². The first-order valence-electron chi connectivity index (χ1n) is 6.63. The lowest BCUT2D eigenvalue weighted by Crippen LogP contribution is -2.51. The SMILES string of the molecule is Clc1ccc(CN2CCNCC2C2CC2)c(Cl)c1. The van der Waals surface area contributed by atoms with E-state index in [1.165, 1.54) is 18.4 Å². The van der Waals surface area contributed by atoms with Crippen LogP contribution in [0.5, 0.6) is 0 Å². The van der Waals surface area contributed by atoms with E-state index in [9.17, 15) is 0 Å². The van der Waals surface area contributed by atoms with E-state index >= 15 is 0 Å². The summed E-state index contributed by atoms with van der Waals surface area (Å²) >= 11 is 12.2. The first kappa shape index (κ1) is 12.7. The third-order valence-electron chi connectivity index (χ3n) is 3.95. The number of halogens is 2. The van der Waals surface area contributed by atoms with Gasteiger partial charge in [0.2, 0.25) is 0 Å². The number of hydrogen-bond donors (Lipinski definition) is 1. The van der Waals surface area contributed by atoms with Crippen LogP contribution in [-0.2, 0) is 6.54 Å². The predicted octanol–water partition coefficient (Wildman–Crippen LogP) is 3.18. The van der Waals surface area contributed by atoms with Gasteiger partial charge in [-0.3, -0.25) is 4.90 Å². The first-order valence-corrected chi connectivity index (χ1v) is 7.38. The van der Waals surface area contributed by atoms with Crippen LogP contribution in [0.15, 0.2) is 18.2 Å². The van der Waals surface area contributed by atoms with Gasteiger partial charge in [0.1, 0.15) is 0 Å². The first-order chi connectivity index (χ1) is 8.74. The molecule has 3 rings (SSSR count). The van der Waals surface area contributed by atoms with E-state index in [-0.39, 0.29) is 0 Å². The molecule has 1 N–H and O–H groups in total. The van der Waals surface area contributed by atoms with Crippen molar-refractivity contribution >= 4 is 23.2 Å². The molecule has 18 heavy (non-hydrogen) atoms. The molecule has 98 valence electrons. The fourth-order valence-corrected chi connectivity index (χ4v) is 3.25. The van der Waals surface area contributed by atoms with Gasteiger partial charge >= 0.3 is 0 Å². The Labute approximate surface area is 118 Å². The van der Waals surface area contributed by atoms with Crippen LogP contribution in [0.2, 0.25) is 10.0 Å². The zero-order chi connectivity index (χ0) is 12.5. The summed E-state index contributed by atoms with van der Waals surface area (Å²) in [5.41, 5.74) is 1.19. The van der Waals surface area contributed by atoms with Crippen molar-refractivity contribution in [2.24, 2.45) is 5.92 Å². The summed E-state index contributed by atoms with van der Waals surface area (Å²) in [4.78, 5) is 2.57. The molecule has 1 unspecified atom stereocenters. The van der Waals surface area contributed by atoms with Gasteiger partial charge in [-0.1, -0.05) is 29.3 Å². The predicted molar refractivity (Wildman–Crippen MR) is 76.3 cm³/mol. The number of benzene rings is 1. The maximum absolute atomic E-state index is 6.26. The summed E-state index contributed by atoms with van der Waals surface area (Å²) < 4.78 is 0. The van der Waals surface area contributed by atoms with E-state index in [0.717, 1.165) is 37.1 Å². The van der Waals surface area contributed by atoms with E-state index in [0.29, 0.717) is 11.1 Å². The van der Waals surface area contributed by atoms with E-state index in [1.54, 1.807) is 0 Å². The van der Waals surface area contributed by atoms with Crippen LogP contribution in [0.3, 0.4) is 0 Å². The summed E-state index contributed by atoms with van der Waals surface area (Å²) in [6.45, 7) is 4.25. The Balaban J connectivity index is 1.73. The van der Waals surface area contributed by atoms with E-state index in [4.69, 9.17) is 23.2 Å². The van der Waals surface area contributed by atoms with Crippen LogP contribution in [0.4, 0.5) is 0 Å². The minimum Gasteiger partial charge on any atom is -0.314 e. The zero-order valence-electron chi connectivity index (χ0n) is 10.3. The van der Waals surface area contributed by atoms with E-state index in [2.05, 4.69) is 16.3 Å². The fourth-order valence-electron chi connectivity index (χ4n) is 2.78. The Kier molecular flexibility index (Phi) is 3.81. The highest BCUT2D eigenvalue weighted by Gasteiger charge is 2.36. The Morgan fingerprint density at radius 1 is 1.28 bits per heavy atom. The fraction of sp³-hybridized carbons (Fsp3) is 0.571. The molecule has 2 nitrogen and oxygen atoms in total. The largest absolute Gasteiger partial charge is 0.314 e. The van der Waals surface area contributed by atoms with Gasteiger partial charge in [0.15, 0.2) is 0 Å². The second-order valence-corrected chi connectivity index (χ2v) is 6.16. The van der Waals surface area contributed by atoms with Crippen LogP contribution in [-0.4, -0.2) is 30.6 Å². The molecule has 2 aliphatic rings. The molecule has 0 spiro atoms. The molecule has 1 aliphatic heterocycles. The van der Waals surface area contributed by atoms with Gasteiger partial charge in [0.05, 0.1) is 0 Å². The van der Waals surface area contributed by atoms with E-state index in [1.807, 2.05) is 12.1 Å². The number of nitrogens with one attached hydrogen (secondary N) is 1. The molecule has 1 saturated carbocycles. The Morgan fingerprint density at radius 2 is 2.11 bits per heavy atom. The number of rotatable bonds is 3. The van der Waals surface area contributed by atoms with Crippen molar-refractivity contribution < 1.29 is 0 Å². The summed E-state index contributed by atoms with van der Waals surface area (Å²) in [5, 5.41) is 5.00. The number of piperazine rings is 1. The lowest BCUT2D eigenvalue weighted by atomic mass is 10.1. The maximum Gasteiger partial charge on any atom is 0.0465 e. The summed E-state index contributed by atoms with van der Waals surface area (Å²) in [7, 11) is 0. The Hall–Kier alpha value is -0.280. The minimum absolute atomic E-state index is 0.686. The molecule has 1 saturated heterocycles. The van der Waals surface area contributed by atoms with Crippen molar-refractivity contribution in [1.29, 1.82) is 0 Å². The normalized spacial score (nSPS) is 25.3. The van der Waals surface area contributed by atoms with Crippen LogP contribution in [0, 0.1) is 5.92 Å². The van der Waals surface area contributed by atoms with Crippen LogP contribution in [0.1, 0.15) is 18.4 Å². The highest BCUT2D eigenvalue weighted by Crippen LogP contribution is 2.36. The lowest BCUT2D eigenvalue weighted by Gasteiger charge is -2.36. The van der Waals surface area contributed by atoms with Crippen molar-refractivity contribution in [3.63, 3.8) is 0 Å². The smallest absolute Gasteiger partial charge is 0.0465 e. The van der Waals surface area contributed by atoms with Crippen LogP contribution in [0.25, 0.3) is 0 Å². The molecule has 1 aromatic rings. The molecule has 0 bridgehead atoms. The van der Waals surface area contributed by atoms with E-state index < -0.39 is 0 Å². The molecule has 4 heteroatoms. The average molecular weight is 285 g/mol. The summed E-state index contributed by atoms with van der Waals surface area (Å²) in [6, 6.07) is 6.51. The molecule has 1 aromatic carbocycles. The lowest BCUT2D eigenvalue weighted by molar-refractivity contribution is 0.136. The van der Waals surface area contributed by atoms with Gasteiger partial charge < -0.3 is 5.32 Å². The number of hydrogen-bond acceptors (Lipinski definition) is 2. The zero-order valence-corrected chi connectivity index (χ0v) is 11.8. The molecule has 0 aromatic heterocycles. The monoisotopic (exact) mass is 284 g/mol. The van der Waals surface area contributed by atoms with Gasteiger partial charge in [-0.05, 0) is 36.5 Å². The average Bonchev–Trinajstić information content (AvgIpc) is 3.17. The third kappa shape index (κ3) is 2.83. The topological polar surface area (TPSA) is 15.3 Å². The second kappa shape index (κ2) is 5.38. The quantitative estimate of drug-likeness (QED) is 0.917. The standard InChI is InChI=1S/C14H18Cl2N2/c15-12-4-3-11(13(16)7-12)9-18-6-5-17-8-14(18)10-1-2-10/h3-4,7,10,14,17H,1-2,5-6,8-9H2. The molecule has 1 aliphatic carbocycles. The molecule has 0 amide bonds. The maximum atomic E-state index is 6.26. The Bertz CT molecular complexity index is 432. The van der Waals surface area contributed by atoms with Crippen molar-refractivity contribution in [1.82, 2.24) is 10.2 Å². The Morgan fingerprint density at radius 3 is 2.83 bits per heavy atom. The highest BCUT2D eigenvalue weighted by atomic mass is 35.5. The third-order valence-corrected chi connectivity index (χ3v) is 4.54. The second-order valence-electron chi connectivity index (χ2n) is 5.32. The van der Waals surface area contributed by atoms with Crippen molar-refractivity contribution in [3.8, 4) is 0 Å². The molecule has 0 radical (unpaired) electrons. The van der Waals surface area contributed by atoms with Crippen LogP contribution >= 0.6 is 23.2 Å². The molecular weight excluding hydrogens is 267 g/mol. The van der Waals surface area contributed by atoms with Crippen molar-refractivity contribution in [2.75, 3.05) is 19.6 Å². The summed E-state index contributed by atoms with van der Waals surface area (Å²) in [5.74, 6) is 0.892. The van der Waals surface area contributed by atoms with Gasteiger partial charge in [-0.15, -0.1) is 0 Å². The minimum atomic E-state index is 0.686. The molecule has 1 heterocycles. The molecule has 1 atom stereocenters. The van der Waals surface area contributed by atoms with Gasteiger partial charge in [0, 0.05) is 42.3 Å². The number of nitrogens with zero attached hydrogens (tertiary/aromatic N) is 1.